The Morgan fingerprint density at radius 2 is 2.14 bits per heavy atom. The summed E-state index contributed by atoms with van der Waals surface area (Å²) in [6.45, 7) is 3.78. The SMILES string of the molecule is CC(C)S(=O)(=O)N1CCCC1C(=N)N. The lowest BCUT2D eigenvalue weighted by Gasteiger charge is -2.24. The standard InChI is InChI=1S/C8H17N3O2S/c1-6(2)14(12,13)11-5-3-4-7(11)8(9)10/h6-7H,3-5H2,1-2H3,(H3,9,10). The molecule has 3 N–H and O–H groups in total. The maximum atomic E-state index is 11.8. The van der Waals surface area contributed by atoms with E-state index >= 15 is 0 Å². The minimum absolute atomic E-state index is 0.0493. The van der Waals surface area contributed by atoms with Crippen molar-refractivity contribution in [3.63, 3.8) is 0 Å². The predicted octanol–water partition coefficient (Wildman–Crippen LogP) is 0.125. The minimum atomic E-state index is -3.26. The Morgan fingerprint density at radius 3 is 2.57 bits per heavy atom. The van der Waals surface area contributed by atoms with E-state index in [1.807, 2.05) is 0 Å². The fourth-order valence-electron chi connectivity index (χ4n) is 1.63. The molecule has 0 amide bonds. The predicted molar refractivity (Wildman–Crippen MR) is 55.7 cm³/mol. The second-order valence-electron chi connectivity index (χ2n) is 3.82. The first-order chi connectivity index (χ1) is 6.37. The number of hydrogen-bond donors (Lipinski definition) is 2. The van der Waals surface area contributed by atoms with E-state index in [1.54, 1.807) is 13.8 Å². The van der Waals surface area contributed by atoms with Crippen LogP contribution in [-0.4, -0.2) is 36.4 Å². The van der Waals surface area contributed by atoms with E-state index < -0.39 is 21.3 Å². The molecule has 1 fully saturated rings. The molecule has 0 radical (unpaired) electrons. The molecule has 82 valence electrons. The highest BCUT2D eigenvalue weighted by molar-refractivity contribution is 7.89. The molecule has 5 nitrogen and oxygen atoms in total. The number of amidine groups is 1. The van der Waals surface area contributed by atoms with E-state index in [0.29, 0.717) is 13.0 Å². The first-order valence-electron chi connectivity index (χ1n) is 4.72. The summed E-state index contributed by atoms with van der Waals surface area (Å²) in [7, 11) is -3.26. The minimum Gasteiger partial charge on any atom is -0.386 e. The lowest BCUT2D eigenvalue weighted by Crippen LogP contribution is -2.45. The molecule has 1 unspecified atom stereocenters. The average molecular weight is 219 g/mol. The zero-order chi connectivity index (χ0) is 10.9. The van der Waals surface area contributed by atoms with Crippen molar-refractivity contribution in [3.8, 4) is 0 Å². The van der Waals surface area contributed by atoms with E-state index in [4.69, 9.17) is 11.1 Å². The summed E-state index contributed by atoms with van der Waals surface area (Å²) < 4.78 is 25.0. The Morgan fingerprint density at radius 1 is 1.57 bits per heavy atom. The number of rotatable bonds is 3. The number of nitrogens with two attached hydrogens (primary N) is 1. The van der Waals surface area contributed by atoms with E-state index in [1.165, 1.54) is 4.31 Å². The van der Waals surface area contributed by atoms with E-state index in [2.05, 4.69) is 0 Å². The van der Waals surface area contributed by atoms with Crippen LogP contribution in [0, 0.1) is 5.41 Å². The monoisotopic (exact) mass is 219 g/mol. The summed E-state index contributed by atoms with van der Waals surface area (Å²) in [4.78, 5) is 0. The van der Waals surface area contributed by atoms with Gasteiger partial charge in [0.05, 0.1) is 11.3 Å². The summed E-state index contributed by atoms with van der Waals surface area (Å²) in [5, 5.41) is 6.87. The highest BCUT2D eigenvalue weighted by Crippen LogP contribution is 2.23. The molecular weight excluding hydrogens is 202 g/mol. The second kappa shape index (κ2) is 3.86. The number of nitrogens with zero attached hydrogens (tertiary/aromatic N) is 1. The molecule has 1 aliphatic rings. The third kappa shape index (κ3) is 1.90. The van der Waals surface area contributed by atoms with Gasteiger partial charge in [0, 0.05) is 6.54 Å². The quantitative estimate of drug-likeness (QED) is 0.522. The van der Waals surface area contributed by atoms with Crippen molar-refractivity contribution >= 4 is 15.9 Å². The van der Waals surface area contributed by atoms with Crippen LogP contribution in [0.4, 0.5) is 0 Å². The summed E-state index contributed by atoms with van der Waals surface area (Å²) in [5.74, 6) is -0.0493. The molecule has 1 saturated heterocycles. The first-order valence-corrected chi connectivity index (χ1v) is 6.22. The number of sulfonamides is 1. The van der Waals surface area contributed by atoms with Crippen molar-refractivity contribution in [2.24, 2.45) is 5.73 Å². The maximum Gasteiger partial charge on any atom is 0.217 e. The van der Waals surface area contributed by atoms with Crippen LogP contribution in [0.5, 0.6) is 0 Å². The van der Waals surface area contributed by atoms with Crippen LogP contribution in [0.3, 0.4) is 0 Å². The molecule has 0 aromatic rings. The number of hydrogen-bond acceptors (Lipinski definition) is 3. The van der Waals surface area contributed by atoms with Crippen LogP contribution in [0.25, 0.3) is 0 Å². The molecule has 14 heavy (non-hydrogen) atoms. The highest BCUT2D eigenvalue weighted by atomic mass is 32.2. The zero-order valence-corrected chi connectivity index (χ0v) is 9.34. The van der Waals surface area contributed by atoms with Crippen LogP contribution in [-0.2, 0) is 10.0 Å². The van der Waals surface area contributed by atoms with E-state index in [9.17, 15) is 8.42 Å². The second-order valence-corrected chi connectivity index (χ2v) is 6.26. The van der Waals surface area contributed by atoms with Gasteiger partial charge in [-0.05, 0) is 26.7 Å². The summed E-state index contributed by atoms with van der Waals surface area (Å²) in [5.41, 5.74) is 5.36. The fourth-order valence-corrected chi connectivity index (χ4v) is 3.13. The van der Waals surface area contributed by atoms with Crippen LogP contribution < -0.4 is 5.73 Å². The summed E-state index contributed by atoms with van der Waals surface area (Å²) in [6.07, 6.45) is 1.46. The van der Waals surface area contributed by atoms with Crippen LogP contribution in [0.15, 0.2) is 0 Å². The summed E-state index contributed by atoms with van der Waals surface area (Å²) in [6, 6.07) is -0.414. The molecule has 0 aromatic carbocycles. The average Bonchev–Trinajstić information content (AvgIpc) is 2.51. The van der Waals surface area contributed by atoms with Gasteiger partial charge in [0.25, 0.3) is 0 Å². The Labute approximate surface area is 84.8 Å². The molecule has 1 aliphatic heterocycles. The van der Waals surface area contributed by atoms with Gasteiger partial charge in [-0.2, -0.15) is 4.31 Å². The van der Waals surface area contributed by atoms with E-state index in [-0.39, 0.29) is 5.84 Å². The van der Waals surface area contributed by atoms with Crippen molar-refractivity contribution in [2.45, 2.75) is 38.0 Å². The van der Waals surface area contributed by atoms with Gasteiger partial charge in [0.1, 0.15) is 5.84 Å². The molecule has 1 rings (SSSR count). The van der Waals surface area contributed by atoms with Crippen molar-refractivity contribution < 1.29 is 8.42 Å². The molecule has 1 atom stereocenters. The largest absolute Gasteiger partial charge is 0.386 e. The lowest BCUT2D eigenvalue weighted by atomic mass is 10.2. The normalized spacial score (nSPS) is 24.4. The Balaban J connectivity index is 2.93. The molecule has 0 spiro atoms. The van der Waals surface area contributed by atoms with Crippen molar-refractivity contribution in [1.82, 2.24) is 4.31 Å². The topological polar surface area (TPSA) is 87.2 Å². The van der Waals surface area contributed by atoms with E-state index in [0.717, 1.165) is 6.42 Å². The molecular formula is C8H17N3O2S. The molecule has 6 heteroatoms. The van der Waals surface area contributed by atoms with Crippen LogP contribution >= 0.6 is 0 Å². The fraction of sp³-hybridized carbons (Fsp3) is 0.875. The molecule has 0 saturated carbocycles. The zero-order valence-electron chi connectivity index (χ0n) is 8.53. The Kier molecular flexibility index (Phi) is 3.16. The molecule has 0 bridgehead atoms. The first kappa shape index (κ1) is 11.5. The Hall–Kier alpha value is -0.620. The van der Waals surface area contributed by atoms with Gasteiger partial charge in [0.2, 0.25) is 10.0 Å². The molecule has 0 aromatic heterocycles. The van der Waals surface area contributed by atoms with Crippen molar-refractivity contribution in [3.05, 3.63) is 0 Å². The van der Waals surface area contributed by atoms with Gasteiger partial charge < -0.3 is 5.73 Å². The highest BCUT2D eigenvalue weighted by Gasteiger charge is 2.37. The van der Waals surface area contributed by atoms with Gasteiger partial charge in [-0.15, -0.1) is 0 Å². The van der Waals surface area contributed by atoms with Gasteiger partial charge in [-0.3, -0.25) is 5.41 Å². The maximum absolute atomic E-state index is 11.8. The third-order valence-electron chi connectivity index (χ3n) is 2.49. The van der Waals surface area contributed by atoms with Gasteiger partial charge in [0.15, 0.2) is 0 Å². The van der Waals surface area contributed by atoms with Gasteiger partial charge in [-0.25, -0.2) is 8.42 Å². The van der Waals surface area contributed by atoms with Crippen molar-refractivity contribution in [1.29, 1.82) is 5.41 Å². The third-order valence-corrected chi connectivity index (χ3v) is 4.77. The smallest absolute Gasteiger partial charge is 0.217 e. The van der Waals surface area contributed by atoms with Gasteiger partial charge in [-0.1, -0.05) is 0 Å². The molecule has 1 heterocycles. The summed E-state index contributed by atoms with van der Waals surface area (Å²) >= 11 is 0. The van der Waals surface area contributed by atoms with Crippen LogP contribution in [0.1, 0.15) is 26.7 Å². The van der Waals surface area contributed by atoms with Crippen LogP contribution in [0.2, 0.25) is 0 Å². The van der Waals surface area contributed by atoms with Crippen molar-refractivity contribution in [2.75, 3.05) is 6.54 Å². The van der Waals surface area contributed by atoms with Gasteiger partial charge >= 0.3 is 0 Å². The Bertz CT molecular complexity index is 323. The number of nitrogens with one attached hydrogen (secondary N) is 1. The lowest BCUT2D eigenvalue weighted by molar-refractivity contribution is 0.437. The molecule has 0 aliphatic carbocycles.